The molecule has 6 heteroatoms. The van der Waals surface area contributed by atoms with Crippen molar-refractivity contribution in [2.24, 2.45) is 0 Å². The average molecular weight is 1030 g/mol. The van der Waals surface area contributed by atoms with Crippen LogP contribution in [0, 0.1) is 0 Å². The van der Waals surface area contributed by atoms with E-state index in [1.165, 1.54) is 270 Å². The van der Waals surface area contributed by atoms with Gasteiger partial charge in [-0.15, -0.1) is 0 Å². The van der Waals surface area contributed by atoms with Crippen molar-refractivity contribution >= 4 is 11.9 Å². The van der Waals surface area contributed by atoms with Crippen molar-refractivity contribution in [3.05, 3.63) is 36.5 Å². The molecular weight excluding hydrogens is 899 g/mol. The van der Waals surface area contributed by atoms with Gasteiger partial charge in [0.15, 0.2) is 0 Å². The summed E-state index contributed by atoms with van der Waals surface area (Å²) in [4.78, 5) is 24.5. The Bertz CT molecular complexity index is 1180. The molecule has 0 aromatic rings. The number of aliphatic hydroxyl groups excluding tert-OH is 2. The molecule has 0 aliphatic heterocycles. The molecule has 0 rings (SSSR count). The van der Waals surface area contributed by atoms with Gasteiger partial charge >= 0.3 is 5.97 Å². The quantitative estimate of drug-likeness (QED) is 0.0320. The highest BCUT2D eigenvalue weighted by Crippen LogP contribution is 2.18. The molecule has 0 heterocycles. The van der Waals surface area contributed by atoms with Crippen molar-refractivity contribution in [2.75, 3.05) is 13.2 Å². The SMILES string of the molecule is CCCCCC/C=C\C/C=C\CCCCCCCC(=O)OCCCCCCCCCCCCCC/C=C\CCCCCCCCCCCCCCCCCC(=O)NC(CO)C(O)CCCCCCCCCCC. The van der Waals surface area contributed by atoms with Crippen LogP contribution in [-0.2, 0) is 14.3 Å². The second kappa shape index (κ2) is 62.6. The molecule has 0 saturated heterocycles. The van der Waals surface area contributed by atoms with Gasteiger partial charge in [0.25, 0.3) is 0 Å². The molecule has 6 nitrogen and oxygen atoms in total. The van der Waals surface area contributed by atoms with Gasteiger partial charge in [0.05, 0.1) is 25.4 Å². The van der Waals surface area contributed by atoms with E-state index in [-0.39, 0.29) is 18.5 Å². The molecule has 0 aromatic carbocycles. The van der Waals surface area contributed by atoms with Crippen LogP contribution in [0.1, 0.15) is 354 Å². The van der Waals surface area contributed by atoms with Gasteiger partial charge in [0.1, 0.15) is 0 Å². The molecule has 0 radical (unpaired) electrons. The van der Waals surface area contributed by atoms with Crippen LogP contribution in [-0.4, -0.2) is 47.4 Å². The van der Waals surface area contributed by atoms with Crippen LogP contribution in [0.25, 0.3) is 0 Å². The van der Waals surface area contributed by atoms with Crippen LogP contribution in [0.4, 0.5) is 0 Å². The molecule has 0 aliphatic rings. The first kappa shape index (κ1) is 71.1. The summed E-state index contributed by atoms with van der Waals surface area (Å²) in [5, 5.41) is 23.1. The molecule has 3 N–H and O–H groups in total. The third kappa shape index (κ3) is 59.2. The van der Waals surface area contributed by atoms with Crippen LogP contribution in [0.2, 0.25) is 0 Å². The Hall–Kier alpha value is -1.92. The fraction of sp³-hybridized carbons (Fsp3) is 0.881. The summed E-state index contributed by atoms with van der Waals surface area (Å²) in [6.45, 7) is 4.92. The predicted octanol–water partition coefficient (Wildman–Crippen LogP) is 20.8. The van der Waals surface area contributed by atoms with Crippen molar-refractivity contribution in [1.29, 1.82) is 0 Å². The molecule has 430 valence electrons. The zero-order chi connectivity index (χ0) is 52.9. The van der Waals surface area contributed by atoms with Crippen LogP contribution in [0.5, 0.6) is 0 Å². The molecule has 0 aromatic heterocycles. The first-order chi connectivity index (χ1) is 36.0. The average Bonchev–Trinajstić information content (AvgIpc) is 3.39. The number of hydrogen-bond acceptors (Lipinski definition) is 5. The number of esters is 1. The second-order valence-corrected chi connectivity index (χ2v) is 22.4. The molecule has 73 heavy (non-hydrogen) atoms. The largest absolute Gasteiger partial charge is 0.466 e. The number of nitrogens with one attached hydrogen (secondary N) is 1. The summed E-state index contributed by atoms with van der Waals surface area (Å²) < 4.78 is 5.49. The van der Waals surface area contributed by atoms with Gasteiger partial charge < -0.3 is 20.3 Å². The van der Waals surface area contributed by atoms with E-state index in [0.29, 0.717) is 25.9 Å². The fourth-order valence-electron chi connectivity index (χ4n) is 10.1. The van der Waals surface area contributed by atoms with Gasteiger partial charge in [-0.3, -0.25) is 9.59 Å². The van der Waals surface area contributed by atoms with Crippen molar-refractivity contribution < 1.29 is 24.5 Å². The third-order valence-corrected chi connectivity index (χ3v) is 15.2. The number of amides is 1. The smallest absolute Gasteiger partial charge is 0.305 e. The van der Waals surface area contributed by atoms with Gasteiger partial charge in [-0.25, -0.2) is 0 Å². The van der Waals surface area contributed by atoms with E-state index in [1.807, 2.05) is 0 Å². The molecule has 1 amide bonds. The summed E-state index contributed by atoms with van der Waals surface area (Å²) in [5.41, 5.74) is 0. The zero-order valence-corrected chi connectivity index (χ0v) is 49.1. The second-order valence-electron chi connectivity index (χ2n) is 22.4. The normalized spacial score (nSPS) is 12.8. The van der Waals surface area contributed by atoms with Gasteiger partial charge in [-0.05, 0) is 83.5 Å². The van der Waals surface area contributed by atoms with Crippen molar-refractivity contribution in [1.82, 2.24) is 5.32 Å². The highest BCUT2D eigenvalue weighted by molar-refractivity contribution is 5.76. The van der Waals surface area contributed by atoms with Crippen LogP contribution in [0.15, 0.2) is 36.5 Å². The number of hydrogen-bond donors (Lipinski definition) is 3. The molecule has 0 saturated carbocycles. The van der Waals surface area contributed by atoms with E-state index in [0.717, 1.165) is 51.4 Å². The zero-order valence-electron chi connectivity index (χ0n) is 49.1. The number of aliphatic hydroxyl groups is 2. The third-order valence-electron chi connectivity index (χ3n) is 15.2. The van der Waals surface area contributed by atoms with Crippen molar-refractivity contribution in [2.45, 2.75) is 366 Å². The maximum Gasteiger partial charge on any atom is 0.305 e. The highest BCUT2D eigenvalue weighted by Gasteiger charge is 2.20. The Balaban J connectivity index is 3.33. The van der Waals surface area contributed by atoms with Gasteiger partial charge in [-0.1, -0.05) is 294 Å². The summed E-state index contributed by atoms with van der Waals surface area (Å²) in [6, 6.07) is -0.538. The number of allylic oxidation sites excluding steroid dienone is 6. The Morgan fingerprint density at radius 2 is 0.685 bits per heavy atom. The van der Waals surface area contributed by atoms with E-state index in [9.17, 15) is 19.8 Å². The minimum atomic E-state index is -0.660. The summed E-state index contributed by atoms with van der Waals surface area (Å²) in [6.07, 6.45) is 79.0. The predicted molar refractivity (Wildman–Crippen MR) is 319 cm³/mol. The topological polar surface area (TPSA) is 95.9 Å². The first-order valence-corrected chi connectivity index (χ1v) is 32.7. The molecule has 2 unspecified atom stereocenters. The lowest BCUT2D eigenvalue weighted by molar-refractivity contribution is -0.143. The lowest BCUT2D eigenvalue weighted by atomic mass is 10.0. The molecule has 0 aliphatic carbocycles. The molecule has 0 bridgehead atoms. The van der Waals surface area contributed by atoms with E-state index < -0.39 is 12.1 Å². The van der Waals surface area contributed by atoms with Gasteiger partial charge in [0.2, 0.25) is 5.91 Å². The van der Waals surface area contributed by atoms with Crippen molar-refractivity contribution in [3.8, 4) is 0 Å². The van der Waals surface area contributed by atoms with E-state index in [4.69, 9.17) is 4.74 Å². The van der Waals surface area contributed by atoms with Crippen LogP contribution in [0.3, 0.4) is 0 Å². The Kier molecular flexibility index (Phi) is 61.0. The molecule has 2 atom stereocenters. The lowest BCUT2D eigenvalue weighted by Crippen LogP contribution is -2.45. The molecular formula is C67H127NO5. The minimum Gasteiger partial charge on any atom is -0.466 e. The minimum absolute atomic E-state index is 0.00417. The molecule has 0 spiro atoms. The van der Waals surface area contributed by atoms with E-state index >= 15 is 0 Å². The van der Waals surface area contributed by atoms with Crippen LogP contribution >= 0.6 is 0 Å². The fourth-order valence-corrected chi connectivity index (χ4v) is 10.1. The highest BCUT2D eigenvalue weighted by atomic mass is 16.5. The molecule has 0 fully saturated rings. The number of rotatable bonds is 61. The van der Waals surface area contributed by atoms with Gasteiger partial charge in [0, 0.05) is 12.8 Å². The van der Waals surface area contributed by atoms with Crippen molar-refractivity contribution in [3.63, 3.8) is 0 Å². The maximum absolute atomic E-state index is 12.4. The van der Waals surface area contributed by atoms with Crippen LogP contribution < -0.4 is 5.32 Å². The lowest BCUT2D eigenvalue weighted by Gasteiger charge is -2.22. The number of carbonyl (C=O) groups excluding carboxylic acids is 2. The first-order valence-electron chi connectivity index (χ1n) is 32.7. The Morgan fingerprint density at radius 1 is 0.384 bits per heavy atom. The summed E-state index contributed by atoms with van der Waals surface area (Å²) in [7, 11) is 0. The summed E-state index contributed by atoms with van der Waals surface area (Å²) in [5.74, 6) is -0.0303. The number of unbranched alkanes of at least 4 members (excludes halogenated alkanes) is 44. The maximum atomic E-state index is 12.4. The Morgan fingerprint density at radius 3 is 1.07 bits per heavy atom. The van der Waals surface area contributed by atoms with Gasteiger partial charge in [-0.2, -0.15) is 0 Å². The Labute approximate surface area is 455 Å². The standard InChI is InChI=1S/C67H127NO5/c1-3-5-7-9-11-13-14-15-16-35-38-41-45-49-53-57-61-67(72)73-62-58-54-50-46-42-39-36-33-31-29-27-25-23-21-19-17-18-20-22-24-26-28-30-32-34-37-40-44-48-52-56-60-66(71)68-64(63-69)65(70)59-55-51-47-43-12-10-8-6-4-2/h13-14,16,19,21,35,64-65,69-70H,3-12,15,17-18,20,22-34,36-63H2,1-2H3,(H,68,71)/b14-13-,21-19-,35-16-. The number of ether oxygens (including phenoxy) is 1. The van der Waals surface area contributed by atoms with E-state index in [2.05, 4.69) is 55.6 Å². The monoisotopic (exact) mass is 1030 g/mol. The van der Waals surface area contributed by atoms with E-state index in [1.54, 1.807) is 0 Å². The summed E-state index contributed by atoms with van der Waals surface area (Å²) >= 11 is 0. The number of carbonyl (C=O) groups is 2.